The number of nitrogens with zero attached hydrogens (tertiary/aromatic N) is 1. The number of amides is 1. The average Bonchev–Trinajstić information content (AvgIpc) is 2.18. The minimum absolute atomic E-state index is 0.0723. The number of rotatable bonds is 4. The summed E-state index contributed by atoms with van der Waals surface area (Å²) >= 11 is 0. The fourth-order valence-electron chi connectivity index (χ4n) is 1.17. The van der Waals surface area contributed by atoms with Crippen molar-refractivity contribution in [2.45, 2.75) is 13.3 Å². The molecule has 0 unspecified atom stereocenters. The van der Waals surface area contributed by atoms with E-state index in [2.05, 4.69) is 5.32 Å². The lowest BCUT2D eigenvalue weighted by molar-refractivity contribution is -0.384. The molecule has 0 aromatic heterocycles. The fraction of sp³-hybridized carbons (Fsp3) is 0.300. The van der Waals surface area contributed by atoms with E-state index in [9.17, 15) is 14.9 Å². The fourth-order valence-corrected chi connectivity index (χ4v) is 1.17. The van der Waals surface area contributed by atoms with Gasteiger partial charge in [-0.2, -0.15) is 0 Å². The zero-order valence-electron chi connectivity index (χ0n) is 8.40. The second-order valence-electron chi connectivity index (χ2n) is 3.16. The molecule has 1 amide bonds. The summed E-state index contributed by atoms with van der Waals surface area (Å²) in [4.78, 5) is 20.5. The predicted molar refractivity (Wildman–Crippen MR) is 55.5 cm³/mol. The average molecular weight is 208 g/mol. The van der Waals surface area contributed by atoms with Gasteiger partial charge < -0.3 is 5.32 Å². The SMILES string of the molecule is CC(=O)NCCc1ccc([N+](=O)[O-])cc1. The maximum atomic E-state index is 10.6. The molecule has 0 heterocycles. The number of nitro groups is 1. The standard InChI is InChI=1S/C10H12N2O3/c1-8(13)11-7-6-9-2-4-10(5-3-9)12(14)15/h2-5H,6-7H2,1H3,(H,11,13). The van der Waals surface area contributed by atoms with Crippen molar-refractivity contribution in [3.05, 3.63) is 39.9 Å². The second kappa shape index (κ2) is 5.09. The number of carbonyl (C=O) groups excluding carboxylic acids is 1. The Morgan fingerprint density at radius 3 is 2.47 bits per heavy atom. The molecule has 0 aliphatic carbocycles. The Bertz CT molecular complexity index is 359. The van der Waals surface area contributed by atoms with Crippen LogP contribution in [0, 0.1) is 10.1 Å². The highest BCUT2D eigenvalue weighted by molar-refractivity contribution is 5.72. The van der Waals surface area contributed by atoms with Gasteiger partial charge in [0.1, 0.15) is 0 Å². The zero-order chi connectivity index (χ0) is 11.3. The van der Waals surface area contributed by atoms with Crippen molar-refractivity contribution in [2.75, 3.05) is 6.54 Å². The monoisotopic (exact) mass is 208 g/mol. The van der Waals surface area contributed by atoms with Crippen molar-refractivity contribution in [3.8, 4) is 0 Å². The summed E-state index contributed by atoms with van der Waals surface area (Å²) in [6, 6.07) is 6.31. The first kappa shape index (κ1) is 11.2. The van der Waals surface area contributed by atoms with Gasteiger partial charge in [-0.05, 0) is 12.0 Å². The Labute approximate surface area is 87.3 Å². The van der Waals surface area contributed by atoms with Crippen LogP contribution in [-0.2, 0) is 11.2 Å². The normalized spacial score (nSPS) is 9.67. The van der Waals surface area contributed by atoms with Gasteiger partial charge >= 0.3 is 0 Å². The summed E-state index contributed by atoms with van der Waals surface area (Å²) in [7, 11) is 0. The molecule has 0 radical (unpaired) electrons. The van der Waals surface area contributed by atoms with Crippen LogP contribution in [0.5, 0.6) is 0 Å². The Kier molecular flexibility index (Phi) is 3.79. The largest absolute Gasteiger partial charge is 0.356 e. The van der Waals surface area contributed by atoms with Crippen molar-refractivity contribution in [1.82, 2.24) is 5.32 Å². The van der Waals surface area contributed by atoms with Crippen LogP contribution in [0.3, 0.4) is 0 Å². The third-order valence-electron chi connectivity index (χ3n) is 1.93. The van der Waals surface area contributed by atoms with Gasteiger partial charge in [0.2, 0.25) is 5.91 Å². The van der Waals surface area contributed by atoms with Crippen molar-refractivity contribution < 1.29 is 9.72 Å². The highest BCUT2D eigenvalue weighted by Gasteiger charge is 2.03. The number of carbonyl (C=O) groups is 1. The van der Waals surface area contributed by atoms with Gasteiger partial charge in [-0.1, -0.05) is 12.1 Å². The Hall–Kier alpha value is -1.91. The molecule has 0 saturated heterocycles. The first-order valence-corrected chi connectivity index (χ1v) is 4.57. The van der Waals surface area contributed by atoms with Gasteiger partial charge in [-0.15, -0.1) is 0 Å². The van der Waals surface area contributed by atoms with Gasteiger partial charge in [0, 0.05) is 25.6 Å². The molecule has 0 atom stereocenters. The molecule has 0 aliphatic rings. The molecular formula is C10H12N2O3. The number of hydrogen-bond donors (Lipinski definition) is 1. The lowest BCUT2D eigenvalue weighted by Gasteiger charge is -2.01. The van der Waals surface area contributed by atoms with Crippen LogP contribution >= 0.6 is 0 Å². The topological polar surface area (TPSA) is 72.2 Å². The van der Waals surface area contributed by atoms with Gasteiger partial charge in [0.05, 0.1) is 4.92 Å². The van der Waals surface area contributed by atoms with Crippen molar-refractivity contribution in [3.63, 3.8) is 0 Å². The smallest absolute Gasteiger partial charge is 0.269 e. The van der Waals surface area contributed by atoms with Gasteiger partial charge in [0.15, 0.2) is 0 Å². The molecule has 0 saturated carbocycles. The molecule has 15 heavy (non-hydrogen) atoms. The number of nitrogens with one attached hydrogen (secondary N) is 1. The van der Waals surface area contributed by atoms with E-state index >= 15 is 0 Å². The summed E-state index contributed by atoms with van der Waals surface area (Å²) in [5, 5.41) is 13.0. The number of benzene rings is 1. The third kappa shape index (κ3) is 3.76. The molecule has 1 rings (SSSR count). The molecule has 80 valence electrons. The summed E-state index contributed by atoms with van der Waals surface area (Å²) in [6.45, 7) is 2.00. The molecule has 5 nitrogen and oxygen atoms in total. The molecule has 5 heteroatoms. The third-order valence-corrected chi connectivity index (χ3v) is 1.93. The van der Waals surface area contributed by atoms with E-state index in [0.29, 0.717) is 13.0 Å². The minimum atomic E-state index is -0.433. The summed E-state index contributed by atoms with van der Waals surface area (Å²) < 4.78 is 0. The first-order chi connectivity index (χ1) is 7.09. The van der Waals surface area contributed by atoms with Crippen LogP contribution in [0.2, 0.25) is 0 Å². The molecule has 1 aromatic carbocycles. The number of hydrogen-bond acceptors (Lipinski definition) is 3. The zero-order valence-corrected chi connectivity index (χ0v) is 8.40. The molecule has 0 spiro atoms. The quantitative estimate of drug-likeness (QED) is 0.598. The molecule has 1 N–H and O–H groups in total. The lowest BCUT2D eigenvalue weighted by Crippen LogP contribution is -2.22. The van der Waals surface area contributed by atoms with E-state index in [-0.39, 0.29) is 11.6 Å². The number of non-ortho nitro benzene ring substituents is 1. The lowest BCUT2D eigenvalue weighted by atomic mass is 10.1. The molecule has 1 aromatic rings. The van der Waals surface area contributed by atoms with Crippen LogP contribution < -0.4 is 5.32 Å². The van der Waals surface area contributed by atoms with Crippen molar-refractivity contribution in [1.29, 1.82) is 0 Å². The van der Waals surface area contributed by atoms with E-state index in [1.165, 1.54) is 19.1 Å². The van der Waals surface area contributed by atoms with Gasteiger partial charge in [-0.25, -0.2) is 0 Å². The minimum Gasteiger partial charge on any atom is -0.356 e. The van der Waals surface area contributed by atoms with Crippen molar-refractivity contribution >= 4 is 11.6 Å². The maximum Gasteiger partial charge on any atom is 0.269 e. The molecule has 0 fully saturated rings. The van der Waals surface area contributed by atoms with Gasteiger partial charge in [0.25, 0.3) is 5.69 Å². The maximum absolute atomic E-state index is 10.6. The van der Waals surface area contributed by atoms with Crippen LogP contribution in [0.4, 0.5) is 5.69 Å². The molecular weight excluding hydrogens is 196 g/mol. The second-order valence-corrected chi connectivity index (χ2v) is 3.16. The van der Waals surface area contributed by atoms with E-state index in [0.717, 1.165) is 5.56 Å². The Balaban J connectivity index is 2.50. The van der Waals surface area contributed by atoms with E-state index < -0.39 is 4.92 Å². The Morgan fingerprint density at radius 1 is 1.40 bits per heavy atom. The molecule has 0 aliphatic heterocycles. The van der Waals surface area contributed by atoms with Crippen LogP contribution in [0.25, 0.3) is 0 Å². The van der Waals surface area contributed by atoms with Crippen LogP contribution in [-0.4, -0.2) is 17.4 Å². The molecule has 0 bridgehead atoms. The van der Waals surface area contributed by atoms with E-state index in [1.54, 1.807) is 12.1 Å². The number of nitro benzene ring substituents is 1. The van der Waals surface area contributed by atoms with Crippen LogP contribution in [0.15, 0.2) is 24.3 Å². The summed E-state index contributed by atoms with van der Waals surface area (Å²) in [6.07, 6.45) is 0.678. The summed E-state index contributed by atoms with van der Waals surface area (Å²) in [5.41, 5.74) is 1.05. The van der Waals surface area contributed by atoms with E-state index in [1.807, 2.05) is 0 Å². The first-order valence-electron chi connectivity index (χ1n) is 4.57. The van der Waals surface area contributed by atoms with E-state index in [4.69, 9.17) is 0 Å². The predicted octanol–water partition coefficient (Wildman–Crippen LogP) is 1.27. The van der Waals surface area contributed by atoms with Crippen LogP contribution in [0.1, 0.15) is 12.5 Å². The highest BCUT2D eigenvalue weighted by Crippen LogP contribution is 2.11. The van der Waals surface area contributed by atoms with Crippen molar-refractivity contribution in [2.24, 2.45) is 0 Å². The Morgan fingerprint density at radius 2 is 2.00 bits per heavy atom. The van der Waals surface area contributed by atoms with Gasteiger partial charge in [-0.3, -0.25) is 14.9 Å². The summed E-state index contributed by atoms with van der Waals surface area (Å²) in [5.74, 6) is -0.0723. The highest BCUT2D eigenvalue weighted by atomic mass is 16.6.